The van der Waals surface area contributed by atoms with Gasteiger partial charge in [0.25, 0.3) is 0 Å². The van der Waals surface area contributed by atoms with E-state index in [4.69, 9.17) is 5.73 Å². The van der Waals surface area contributed by atoms with Crippen molar-refractivity contribution in [2.75, 3.05) is 6.54 Å². The third kappa shape index (κ3) is 3.01. The molecular formula is C19H27ClN2O. The minimum absolute atomic E-state index is 0. The molecule has 2 fully saturated rings. The zero-order chi connectivity index (χ0) is 15.1. The number of aryl methyl sites for hydroxylation is 1. The van der Waals surface area contributed by atoms with E-state index < -0.39 is 0 Å². The average molecular weight is 335 g/mol. The monoisotopic (exact) mass is 334 g/mol. The SMILES string of the molecule is Cl.NC1C2CCC(C2)C1C(=O)NCC1CCCc2ccccc21. The summed E-state index contributed by atoms with van der Waals surface area (Å²) < 4.78 is 0. The van der Waals surface area contributed by atoms with Crippen LogP contribution in [0.2, 0.25) is 0 Å². The first kappa shape index (κ1) is 16.8. The number of amides is 1. The number of carbonyl (C=O) groups is 1. The normalized spacial score (nSPS) is 34.6. The fraction of sp³-hybridized carbons (Fsp3) is 0.632. The Balaban J connectivity index is 0.00000156. The lowest BCUT2D eigenvalue weighted by atomic mass is 9.82. The van der Waals surface area contributed by atoms with Crippen LogP contribution in [0.4, 0.5) is 0 Å². The number of rotatable bonds is 3. The largest absolute Gasteiger partial charge is 0.355 e. The highest BCUT2D eigenvalue weighted by atomic mass is 35.5. The summed E-state index contributed by atoms with van der Waals surface area (Å²) in [5.41, 5.74) is 9.19. The Morgan fingerprint density at radius 2 is 1.96 bits per heavy atom. The van der Waals surface area contributed by atoms with E-state index in [-0.39, 0.29) is 30.3 Å². The molecule has 3 nitrogen and oxygen atoms in total. The topological polar surface area (TPSA) is 55.1 Å². The van der Waals surface area contributed by atoms with Crippen molar-refractivity contribution < 1.29 is 4.79 Å². The van der Waals surface area contributed by atoms with Gasteiger partial charge in [0.2, 0.25) is 5.91 Å². The highest BCUT2D eigenvalue weighted by Gasteiger charge is 2.49. The molecular weight excluding hydrogens is 308 g/mol. The van der Waals surface area contributed by atoms with Crippen LogP contribution < -0.4 is 11.1 Å². The van der Waals surface area contributed by atoms with Crippen LogP contribution in [0, 0.1) is 17.8 Å². The highest BCUT2D eigenvalue weighted by molar-refractivity contribution is 5.85. The second-order valence-electron chi connectivity index (χ2n) is 7.47. The Kier molecular flexibility index (Phi) is 4.98. The van der Waals surface area contributed by atoms with Crippen molar-refractivity contribution in [3.05, 3.63) is 35.4 Å². The minimum atomic E-state index is 0. The summed E-state index contributed by atoms with van der Waals surface area (Å²) in [6, 6.07) is 8.79. The summed E-state index contributed by atoms with van der Waals surface area (Å²) in [6.07, 6.45) is 7.18. The summed E-state index contributed by atoms with van der Waals surface area (Å²) in [5, 5.41) is 3.23. The molecule has 0 heterocycles. The first-order valence-corrected chi connectivity index (χ1v) is 8.85. The lowest BCUT2D eigenvalue weighted by Gasteiger charge is -2.29. The van der Waals surface area contributed by atoms with E-state index >= 15 is 0 Å². The van der Waals surface area contributed by atoms with E-state index in [9.17, 15) is 4.79 Å². The number of halogens is 1. The van der Waals surface area contributed by atoms with Crippen LogP contribution in [0.1, 0.15) is 49.1 Å². The van der Waals surface area contributed by atoms with Crippen LogP contribution in [-0.2, 0) is 11.2 Å². The van der Waals surface area contributed by atoms with Crippen LogP contribution in [0.25, 0.3) is 0 Å². The molecule has 2 saturated carbocycles. The van der Waals surface area contributed by atoms with Gasteiger partial charge in [0, 0.05) is 18.5 Å². The van der Waals surface area contributed by atoms with E-state index in [1.165, 1.54) is 49.7 Å². The number of hydrogen-bond acceptors (Lipinski definition) is 2. The Morgan fingerprint density at radius 3 is 2.74 bits per heavy atom. The van der Waals surface area contributed by atoms with Crippen molar-refractivity contribution in [2.45, 2.75) is 50.5 Å². The lowest BCUT2D eigenvalue weighted by molar-refractivity contribution is -0.127. The summed E-state index contributed by atoms with van der Waals surface area (Å²) >= 11 is 0. The van der Waals surface area contributed by atoms with Gasteiger partial charge in [-0.25, -0.2) is 0 Å². The first-order valence-electron chi connectivity index (χ1n) is 8.85. The molecule has 5 atom stereocenters. The van der Waals surface area contributed by atoms with Gasteiger partial charge in [0.05, 0.1) is 5.92 Å². The van der Waals surface area contributed by atoms with Gasteiger partial charge < -0.3 is 11.1 Å². The van der Waals surface area contributed by atoms with Crippen LogP contribution >= 0.6 is 12.4 Å². The summed E-state index contributed by atoms with van der Waals surface area (Å²) in [4.78, 5) is 12.6. The molecule has 0 aromatic heterocycles. The molecule has 1 aromatic rings. The third-order valence-electron chi connectivity index (χ3n) is 6.30. The summed E-state index contributed by atoms with van der Waals surface area (Å²) in [6.45, 7) is 0.774. The van der Waals surface area contributed by atoms with Gasteiger partial charge in [-0.1, -0.05) is 24.3 Å². The summed E-state index contributed by atoms with van der Waals surface area (Å²) in [7, 11) is 0. The highest BCUT2D eigenvalue weighted by Crippen LogP contribution is 2.47. The maximum Gasteiger partial charge on any atom is 0.224 e. The molecule has 1 amide bonds. The van der Waals surface area contributed by atoms with E-state index in [2.05, 4.69) is 29.6 Å². The first-order chi connectivity index (χ1) is 10.7. The van der Waals surface area contributed by atoms with Crippen molar-refractivity contribution in [1.82, 2.24) is 5.32 Å². The van der Waals surface area contributed by atoms with E-state index in [0.29, 0.717) is 17.8 Å². The maximum absolute atomic E-state index is 12.6. The van der Waals surface area contributed by atoms with Crippen LogP contribution in [-0.4, -0.2) is 18.5 Å². The molecule has 0 spiro atoms. The molecule has 126 valence electrons. The lowest BCUT2D eigenvalue weighted by Crippen LogP contribution is -2.46. The Bertz CT molecular complexity index is 574. The smallest absolute Gasteiger partial charge is 0.224 e. The number of hydrogen-bond donors (Lipinski definition) is 2. The zero-order valence-electron chi connectivity index (χ0n) is 13.5. The molecule has 3 N–H and O–H groups in total. The van der Waals surface area contributed by atoms with Gasteiger partial charge in [-0.15, -0.1) is 12.4 Å². The molecule has 4 rings (SSSR count). The number of nitrogens with one attached hydrogen (secondary N) is 1. The number of nitrogens with two attached hydrogens (primary N) is 1. The Morgan fingerprint density at radius 1 is 1.17 bits per heavy atom. The fourth-order valence-corrected chi connectivity index (χ4v) is 5.13. The van der Waals surface area contributed by atoms with Crippen LogP contribution in [0.15, 0.2) is 24.3 Å². The van der Waals surface area contributed by atoms with Gasteiger partial charge in [-0.3, -0.25) is 4.79 Å². The van der Waals surface area contributed by atoms with Crippen molar-refractivity contribution >= 4 is 18.3 Å². The Hall–Kier alpha value is -1.06. The molecule has 0 radical (unpaired) electrons. The predicted octanol–water partition coefficient (Wildman–Crippen LogP) is 3.02. The van der Waals surface area contributed by atoms with Gasteiger partial charge in [-0.05, 0) is 61.5 Å². The van der Waals surface area contributed by atoms with Gasteiger partial charge in [0.1, 0.15) is 0 Å². The second kappa shape index (κ2) is 6.82. The molecule has 0 saturated heterocycles. The third-order valence-corrected chi connectivity index (χ3v) is 6.30. The number of fused-ring (bicyclic) bond motifs is 3. The molecule has 3 aliphatic carbocycles. The molecule has 2 bridgehead atoms. The maximum atomic E-state index is 12.6. The molecule has 3 aliphatic rings. The van der Waals surface area contributed by atoms with Crippen molar-refractivity contribution in [3.8, 4) is 0 Å². The standard InChI is InChI=1S/C19H26N2O.ClH/c20-18-14-9-8-13(10-14)17(18)19(22)21-11-15-6-3-5-12-4-1-2-7-16(12)15;/h1-2,4,7,13-15,17-18H,3,5-6,8-11,20H2,(H,21,22);1H. The molecule has 4 heteroatoms. The van der Waals surface area contributed by atoms with E-state index in [0.717, 1.165) is 6.54 Å². The quantitative estimate of drug-likeness (QED) is 0.892. The molecule has 0 aliphatic heterocycles. The van der Waals surface area contributed by atoms with Crippen LogP contribution in [0.3, 0.4) is 0 Å². The van der Waals surface area contributed by atoms with E-state index in [1.54, 1.807) is 0 Å². The second-order valence-corrected chi connectivity index (χ2v) is 7.47. The van der Waals surface area contributed by atoms with Crippen LogP contribution in [0.5, 0.6) is 0 Å². The van der Waals surface area contributed by atoms with Crippen molar-refractivity contribution in [1.29, 1.82) is 0 Å². The van der Waals surface area contributed by atoms with Crippen molar-refractivity contribution in [3.63, 3.8) is 0 Å². The minimum Gasteiger partial charge on any atom is -0.355 e. The summed E-state index contributed by atoms with van der Waals surface area (Å²) in [5.74, 6) is 1.89. The number of carbonyl (C=O) groups excluding carboxylic acids is 1. The predicted molar refractivity (Wildman–Crippen MR) is 94.7 cm³/mol. The zero-order valence-corrected chi connectivity index (χ0v) is 14.4. The van der Waals surface area contributed by atoms with Gasteiger partial charge >= 0.3 is 0 Å². The average Bonchev–Trinajstić information content (AvgIpc) is 3.13. The Labute approximate surface area is 144 Å². The van der Waals surface area contributed by atoms with Gasteiger partial charge in [-0.2, -0.15) is 0 Å². The molecule has 5 unspecified atom stereocenters. The molecule has 23 heavy (non-hydrogen) atoms. The fourth-order valence-electron chi connectivity index (χ4n) is 5.13. The van der Waals surface area contributed by atoms with Gasteiger partial charge in [0.15, 0.2) is 0 Å². The van der Waals surface area contributed by atoms with Crippen molar-refractivity contribution in [2.24, 2.45) is 23.5 Å². The molecule has 1 aromatic carbocycles. The number of benzene rings is 1. The van der Waals surface area contributed by atoms with E-state index in [1.807, 2.05) is 0 Å².